The minimum absolute atomic E-state index is 0.166. The van der Waals surface area contributed by atoms with Gasteiger partial charge in [-0.3, -0.25) is 4.79 Å². The van der Waals surface area contributed by atoms with Crippen molar-refractivity contribution in [1.82, 2.24) is 0 Å². The molecule has 0 aliphatic heterocycles. The number of aryl methyl sites for hydroxylation is 1. The van der Waals surface area contributed by atoms with Gasteiger partial charge in [-0.25, -0.2) is 0 Å². The van der Waals surface area contributed by atoms with Gasteiger partial charge in [-0.05, 0) is 30.7 Å². The van der Waals surface area contributed by atoms with E-state index in [1.165, 1.54) is 25.3 Å². The Morgan fingerprint density at radius 2 is 1.96 bits per heavy atom. The maximum Gasteiger partial charge on any atom is 0.573 e. The topological polar surface area (TPSA) is 59.6 Å². The molecule has 0 radical (unpaired) electrons. The van der Waals surface area contributed by atoms with Gasteiger partial charge in [-0.15, -0.1) is 13.2 Å². The minimum atomic E-state index is -4.78. The molecule has 0 unspecified atom stereocenters. The Hall–Kier alpha value is -2.61. The monoisotopic (exact) mass is 388 g/mol. The van der Waals surface area contributed by atoms with Gasteiger partial charge in [0.25, 0.3) is 0 Å². The maximum atomic E-state index is 12.2. The van der Waals surface area contributed by atoms with E-state index < -0.39 is 12.3 Å². The molecule has 0 saturated heterocycles. The molecule has 9 heteroatoms. The second-order valence-electron chi connectivity index (χ2n) is 5.28. The molecular weight excluding hydrogens is 373 g/mol. The Morgan fingerprint density at radius 3 is 2.62 bits per heavy atom. The molecule has 140 valence electrons. The van der Waals surface area contributed by atoms with Crippen LogP contribution in [0, 0.1) is 6.92 Å². The number of nitrogens with one attached hydrogen (secondary N) is 2. The van der Waals surface area contributed by atoms with E-state index in [0.29, 0.717) is 22.1 Å². The average Bonchev–Trinajstić information content (AvgIpc) is 2.55. The van der Waals surface area contributed by atoms with Gasteiger partial charge in [0.15, 0.2) is 0 Å². The summed E-state index contributed by atoms with van der Waals surface area (Å²) < 4.78 is 45.7. The van der Waals surface area contributed by atoms with Crippen LogP contribution in [-0.2, 0) is 4.79 Å². The summed E-state index contributed by atoms with van der Waals surface area (Å²) in [6.07, 6.45) is -4.78. The van der Waals surface area contributed by atoms with Crippen LogP contribution in [0.1, 0.15) is 5.56 Å². The molecule has 2 aromatic carbocycles. The lowest BCUT2D eigenvalue weighted by Gasteiger charge is -2.13. The number of carbonyl (C=O) groups excluding carboxylic acids is 1. The fourth-order valence-corrected chi connectivity index (χ4v) is 2.26. The van der Waals surface area contributed by atoms with Crippen LogP contribution < -0.4 is 20.1 Å². The molecule has 0 bridgehead atoms. The average molecular weight is 389 g/mol. The molecule has 0 spiro atoms. The number of hydrogen-bond acceptors (Lipinski definition) is 4. The van der Waals surface area contributed by atoms with Gasteiger partial charge in [0, 0.05) is 22.8 Å². The summed E-state index contributed by atoms with van der Waals surface area (Å²) in [7, 11) is 1.45. The van der Waals surface area contributed by atoms with Crippen LogP contribution in [0.3, 0.4) is 0 Å². The zero-order chi connectivity index (χ0) is 19.3. The standard InChI is InChI=1S/C17H16ClF3N2O3/c1-10-6-14(15(25-2)8-13(10)18)23-16(24)9-22-11-4-3-5-12(7-11)26-17(19,20)21/h3-8,22H,9H2,1-2H3,(H,23,24). The van der Waals surface area contributed by atoms with Crippen molar-refractivity contribution in [2.45, 2.75) is 13.3 Å². The number of halogens is 4. The number of ether oxygens (including phenoxy) is 2. The van der Waals surface area contributed by atoms with Crippen molar-refractivity contribution in [2.24, 2.45) is 0 Å². The number of anilines is 2. The van der Waals surface area contributed by atoms with Gasteiger partial charge in [0.2, 0.25) is 5.91 Å². The van der Waals surface area contributed by atoms with Crippen LogP contribution in [-0.4, -0.2) is 25.9 Å². The van der Waals surface area contributed by atoms with E-state index in [-0.39, 0.29) is 12.3 Å². The third-order valence-corrected chi connectivity index (χ3v) is 3.68. The quantitative estimate of drug-likeness (QED) is 0.759. The summed E-state index contributed by atoms with van der Waals surface area (Å²) >= 11 is 6.01. The smallest absolute Gasteiger partial charge is 0.495 e. The highest BCUT2D eigenvalue weighted by Crippen LogP contribution is 2.31. The zero-order valence-corrected chi connectivity index (χ0v) is 14.7. The summed E-state index contributed by atoms with van der Waals surface area (Å²) in [5.41, 5.74) is 1.50. The number of amides is 1. The lowest BCUT2D eigenvalue weighted by molar-refractivity contribution is -0.274. The Kier molecular flexibility index (Phi) is 6.20. The molecule has 0 aromatic heterocycles. The predicted octanol–water partition coefficient (Wildman–Crippen LogP) is 4.61. The summed E-state index contributed by atoms with van der Waals surface area (Å²) in [6, 6.07) is 8.46. The van der Waals surface area contributed by atoms with Crippen molar-refractivity contribution < 1.29 is 27.4 Å². The van der Waals surface area contributed by atoms with Gasteiger partial charge >= 0.3 is 6.36 Å². The zero-order valence-electron chi connectivity index (χ0n) is 13.9. The molecule has 2 aromatic rings. The predicted molar refractivity (Wildman–Crippen MR) is 93.0 cm³/mol. The van der Waals surface area contributed by atoms with Gasteiger partial charge in [0.1, 0.15) is 11.5 Å². The molecule has 2 rings (SSSR count). The minimum Gasteiger partial charge on any atom is -0.495 e. The highest BCUT2D eigenvalue weighted by Gasteiger charge is 2.31. The SMILES string of the molecule is COc1cc(Cl)c(C)cc1NC(=O)CNc1cccc(OC(F)(F)F)c1. The van der Waals surface area contributed by atoms with Crippen molar-refractivity contribution >= 4 is 28.9 Å². The molecule has 0 fully saturated rings. The molecule has 0 heterocycles. The molecule has 0 aliphatic rings. The van der Waals surface area contributed by atoms with E-state index in [2.05, 4.69) is 15.4 Å². The van der Waals surface area contributed by atoms with E-state index in [1.807, 2.05) is 0 Å². The van der Waals surface area contributed by atoms with Crippen LogP contribution in [0.25, 0.3) is 0 Å². The van der Waals surface area contributed by atoms with Crippen LogP contribution >= 0.6 is 11.6 Å². The van der Waals surface area contributed by atoms with Gasteiger partial charge < -0.3 is 20.1 Å². The Morgan fingerprint density at radius 1 is 1.23 bits per heavy atom. The Labute approximate surface area is 153 Å². The van der Waals surface area contributed by atoms with Crippen LogP contribution in [0.4, 0.5) is 24.5 Å². The van der Waals surface area contributed by atoms with Crippen LogP contribution in [0.15, 0.2) is 36.4 Å². The summed E-state index contributed by atoms with van der Waals surface area (Å²) in [5, 5.41) is 5.88. The number of rotatable bonds is 6. The second-order valence-corrected chi connectivity index (χ2v) is 5.69. The molecule has 26 heavy (non-hydrogen) atoms. The molecular formula is C17H16ClF3N2O3. The fraction of sp³-hybridized carbons (Fsp3) is 0.235. The van der Waals surface area contributed by atoms with E-state index in [1.54, 1.807) is 19.1 Å². The van der Waals surface area contributed by atoms with Crippen LogP contribution in [0.2, 0.25) is 5.02 Å². The number of alkyl halides is 3. The lowest BCUT2D eigenvalue weighted by Crippen LogP contribution is -2.22. The summed E-state index contributed by atoms with van der Waals surface area (Å²) in [6.45, 7) is 1.61. The molecule has 2 N–H and O–H groups in total. The van der Waals surface area contributed by atoms with Crippen molar-refractivity contribution in [1.29, 1.82) is 0 Å². The van der Waals surface area contributed by atoms with Crippen molar-refractivity contribution in [3.05, 3.63) is 47.0 Å². The number of benzene rings is 2. The first kappa shape index (κ1) is 19.7. The first-order valence-corrected chi connectivity index (χ1v) is 7.79. The summed E-state index contributed by atoms with van der Waals surface area (Å²) in [5.74, 6) is -0.389. The maximum absolute atomic E-state index is 12.2. The van der Waals surface area contributed by atoms with Gasteiger partial charge in [-0.1, -0.05) is 17.7 Å². The van der Waals surface area contributed by atoms with E-state index in [9.17, 15) is 18.0 Å². The molecule has 0 atom stereocenters. The van der Waals surface area contributed by atoms with Crippen molar-refractivity contribution in [2.75, 3.05) is 24.3 Å². The van der Waals surface area contributed by atoms with Crippen molar-refractivity contribution in [3.63, 3.8) is 0 Å². The van der Waals surface area contributed by atoms with Crippen LogP contribution in [0.5, 0.6) is 11.5 Å². The molecule has 5 nitrogen and oxygen atoms in total. The van der Waals surface area contributed by atoms with Gasteiger partial charge in [-0.2, -0.15) is 0 Å². The summed E-state index contributed by atoms with van der Waals surface area (Å²) in [4.78, 5) is 12.1. The van der Waals surface area contributed by atoms with Gasteiger partial charge in [0.05, 0.1) is 19.3 Å². The molecule has 0 aliphatic carbocycles. The third-order valence-electron chi connectivity index (χ3n) is 3.28. The molecule has 0 saturated carbocycles. The van der Waals surface area contributed by atoms with E-state index >= 15 is 0 Å². The second kappa shape index (κ2) is 8.18. The van der Waals surface area contributed by atoms with E-state index in [0.717, 1.165) is 11.6 Å². The fourth-order valence-electron chi connectivity index (χ4n) is 2.11. The Balaban J connectivity index is 1.99. The number of hydrogen-bond donors (Lipinski definition) is 2. The third kappa shape index (κ3) is 5.73. The highest BCUT2D eigenvalue weighted by molar-refractivity contribution is 6.31. The molecule has 1 amide bonds. The number of methoxy groups -OCH3 is 1. The number of carbonyl (C=O) groups is 1. The largest absolute Gasteiger partial charge is 0.573 e. The normalized spacial score (nSPS) is 11.0. The Bertz CT molecular complexity index is 797. The lowest BCUT2D eigenvalue weighted by atomic mass is 10.2. The van der Waals surface area contributed by atoms with E-state index in [4.69, 9.17) is 16.3 Å². The first-order valence-electron chi connectivity index (χ1n) is 7.41. The first-order chi connectivity index (χ1) is 12.2. The highest BCUT2D eigenvalue weighted by atomic mass is 35.5. The van der Waals surface area contributed by atoms with Crippen molar-refractivity contribution in [3.8, 4) is 11.5 Å².